The Morgan fingerprint density at radius 1 is 0.800 bits per heavy atom. The summed E-state index contributed by atoms with van der Waals surface area (Å²) in [4.78, 5) is 17.3. The van der Waals surface area contributed by atoms with Crippen LogP contribution in [0.5, 0.6) is 28.7 Å². The van der Waals surface area contributed by atoms with Gasteiger partial charge in [-0.25, -0.2) is 9.78 Å². The lowest BCUT2D eigenvalue weighted by molar-refractivity contribution is 0.0534. The number of ether oxygens (including phenoxy) is 6. The Morgan fingerprint density at radius 3 is 2.13 bits per heavy atom. The molecule has 0 fully saturated rings. The quantitative estimate of drug-likeness (QED) is 0.569. The van der Waals surface area contributed by atoms with Gasteiger partial charge in [0.25, 0.3) is 0 Å². The molecule has 8 nitrogen and oxygen atoms in total. The molecule has 0 aliphatic carbocycles. The first-order valence-electron chi connectivity index (χ1n) is 9.12. The standard InChI is InChI=1S/C22H21NO7/c1-25-14-7-6-11(8-15(14)26-2)17-12-9-16(27-3)20(28-4)21(29-5)19(12)23-13-10-30-22(24)18(13)17/h6-9H,10H2,1-5H3. The van der Waals surface area contributed by atoms with E-state index in [9.17, 15) is 4.79 Å². The van der Waals surface area contributed by atoms with Crippen molar-refractivity contribution in [2.45, 2.75) is 6.61 Å². The molecule has 1 aliphatic heterocycles. The molecular formula is C22H21NO7. The maximum absolute atomic E-state index is 12.6. The molecule has 156 valence electrons. The van der Waals surface area contributed by atoms with Crippen LogP contribution in [0.25, 0.3) is 22.0 Å². The summed E-state index contributed by atoms with van der Waals surface area (Å²) >= 11 is 0. The van der Waals surface area contributed by atoms with Crippen LogP contribution in [-0.2, 0) is 11.3 Å². The average molecular weight is 411 g/mol. The molecule has 0 radical (unpaired) electrons. The van der Waals surface area contributed by atoms with Crippen LogP contribution in [-0.4, -0.2) is 46.5 Å². The van der Waals surface area contributed by atoms with Gasteiger partial charge in [0.05, 0.1) is 46.8 Å². The van der Waals surface area contributed by atoms with Gasteiger partial charge in [0.15, 0.2) is 23.0 Å². The summed E-state index contributed by atoms with van der Waals surface area (Å²) in [5.41, 5.74) is 2.87. The molecule has 0 saturated heterocycles. The zero-order chi connectivity index (χ0) is 21.4. The van der Waals surface area contributed by atoms with Crippen molar-refractivity contribution in [2.24, 2.45) is 0 Å². The smallest absolute Gasteiger partial charge is 0.341 e. The number of nitrogens with zero attached hydrogens (tertiary/aromatic N) is 1. The minimum Gasteiger partial charge on any atom is -0.493 e. The third-order valence-corrected chi connectivity index (χ3v) is 5.07. The molecule has 3 aromatic rings. The molecular weight excluding hydrogens is 390 g/mol. The number of hydrogen-bond donors (Lipinski definition) is 0. The fraction of sp³-hybridized carbons (Fsp3) is 0.273. The molecule has 8 heteroatoms. The lowest BCUT2D eigenvalue weighted by Crippen LogP contribution is -2.03. The SMILES string of the molecule is COc1ccc(-c2c3c(nc4c(OC)c(OC)c(OC)cc24)COC3=O)cc1OC. The molecule has 0 unspecified atom stereocenters. The number of carbonyl (C=O) groups excluding carboxylic acids is 1. The Morgan fingerprint density at radius 2 is 1.50 bits per heavy atom. The first kappa shape index (κ1) is 19.6. The Balaban J connectivity index is 2.15. The first-order valence-corrected chi connectivity index (χ1v) is 9.12. The lowest BCUT2D eigenvalue weighted by Gasteiger charge is -2.18. The highest BCUT2D eigenvalue weighted by Gasteiger charge is 2.32. The Kier molecular flexibility index (Phi) is 4.99. The summed E-state index contributed by atoms with van der Waals surface area (Å²) < 4.78 is 32.7. The number of rotatable bonds is 6. The normalized spacial score (nSPS) is 12.4. The van der Waals surface area contributed by atoms with E-state index in [0.717, 1.165) is 5.56 Å². The van der Waals surface area contributed by atoms with Gasteiger partial charge in [0.2, 0.25) is 5.75 Å². The number of methoxy groups -OCH3 is 5. The molecule has 0 spiro atoms. The van der Waals surface area contributed by atoms with Crippen LogP contribution in [0.3, 0.4) is 0 Å². The highest BCUT2D eigenvalue weighted by atomic mass is 16.5. The number of carbonyl (C=O) groups is 1. The lowest BCUT2D eigenvalue weighted by atomic mass is 9.94. The molecule has 0 saturated carbocycles. The van der Waals surface area contributed by atoms with Crippen LogP contribution in [0, 0.1) is 0 Å². The van der Waals surface area contributed by atoms with E-state index in [0.29, 0.717) is 56.5 Å². The van der Waals surface area contributed by atoms with E-state index in [1.165, 1.54) is 21.3 Å². The van der Waals surface area contributed by atoms with E-state index in [1.807, 2.05) is 12.1 Å². The largest absolute Gasteiger partial charge is 0.493 e. The van der Waals surface area contributed by atoms with Crippen LogP contribution in [0.2, 0.25) is 0 Å². The Labute approximate surface area is 173 Å². The van der Waals surface area contributed by atoms with Gasteiger partial charge in [-0.15, -0.1) is 0 Å². The van der Waals surface area contributed by atoms with Gasteiger partial charge >= 0.3 is 5.97 Å². The molecule has 4 rings (SSSR count). The van der Waals surface area contributed by atoms with Crippen molar-refractivity contribution in [3.05, 3.63) is 35.5 Å². The fourth-order valence-corrected chi connectivity index (χ4v) is 3.73. The summed E-state index contributed by atoms with van der Waals surface area (Å²) in [6.45, 7) is 0.0852. The van der Waals surface area contributed by atoms with Gasteiger partial charge in [-0.3, -0.25) is 0 Å². The van der Waals surface area contributed by atoms with E-state index < -0.39 is 5.97 Å². The molecule has 2 heterocycles. The third kappa shape index (κ3) is 2.83. The second kappa shape index (κ2) is 7.62. The van der Waals surface area contributed by atoms with Crippen LogP contribution in [0.4, 0.5) is 0 Å². The predicted molar refractivity (Wildman–Crippen MR) is 109 cm³/mol. The summed E-state index contributed by atoms with van der Waals surface area (Å²) in [6, 6.07) is 7.22. The Hall–Kier alpha value is -3.68. The number of pyridine rings is 1. The van der Waals surface area contributed by atoms with Gasteiger partial charge in [-0.1, -0.05) is 6.07 Å². The van der Waals surface area contributed by atoms with Gasteiger partial charge in [0.1, 0.15) is 12.1 Å². The molecule has 0 amide bonds. The van der Waals surface area contributed by atoms with Gasteiger partial charge in [-0.05, 0) is 23.8 Å². The number of benzene rings is 2. The maximum Gasteiger partial charge on any atom is 0.341 e. The average Bonchev–Trinajstić information content (AvgIpc) is 3.15. The maximum atomic E-state index is 12.6. The minimum absolute atomic E-state index is 0.0852. The van der Waals surface area contributed by atoms with Crippen LogP contribution in [0.1, 0.15) is 16.1 Å². The number of hydrogen-bond acceptors (Lipinski definition) is 8. The second-order valence-electron chi connectivity index (χ2n) is 6.50. The molecule has 1 aromatic heterocycles. The second-order valence-corrected chi connectivity index (χ2v) is 6.50. The summed E-state index contributed by atoms with van der Waals surface area (Å²) in [5, 5.41) is 0.661. The van der Waals surface area contributed by atoms with E-state index >= 15 is 0 Å². The summed E-state index contributed by atoms with van der Waals surface area (Å²) in [5.74, 6) is 1.97. The molecule has 0 bridgehead atoms. The molecule has 2 aromatic carbocycles. The third-order valence-electron chi connectivity index (χ3n) is 5.07. The van der Waals surface area contributed by atoms with Crippen molar-refractivity contribution >= 4 is 16.9 Å². The van der Waals surface area contributed by atoms with Crippen molar-refractivity contribution in [3.63, 3.8) is 0 Å². The molecule has 30 heavy (non-hydrogen) atoms. The number of fused-ring (bicyclic) bond motifs is 2. The number of cyclic esters (lactones) is 1. The van der Waals surface area contributed by atoms with Crippen molar-refractivity contribution in [2.75, 3.05) is 35.5 Å². The predicted octanol–water partition coefficient (Wildman–Crippen LogP) is 3.62. The zero-order valence-electron chi connectivity index (χ0n) is 17.3. The van der Waals surface area contributed by atoms with Crippen LogP contribution >= 0.6 is 0 Å². The Bertz CT molecular complexity index is 1160. The summed E-state index contributed by atoms with van der Waals surface area (Å²) in [7, 11) is 7.72. The van der Waals surface area contributed by atoms with E-state index in [4.69, 9.17) is 28.4 Å². The summed E-state index contributed by atoms with van der Waals surface area (Å²) in [6.07, 6.45) is 0. The van der Waals surface area contributed by atoms with Crippen molar-refractivity contribution < 1.29 is 33.2 Å². The van der Waals surface area contributed by atoms with E-state index in [-0.39, 0.29) is 6.61 Å². The van der Waals surface area contributed by atoms with Crippen LogP contribution in [0.15, 0.2) is 24.3 Å². The van der Waals surface area contributed by atoms with Crippen molar-refractivity contribution in [1.82, 2.24) is 4.98 Å². The zero-order valence-corrected chi connectivity index (χ0v) is 17.3. The van der Waals surface area contributed by atoms with Crippen LogP contribution < -0.4 is 23.7 Å². The van der Waals surface area contributed by atoms with Crippen molar-refractivity contribution in [3.8, 4) is 39.9 Å². The monoisotopic (exact) mass is 411 g/mol. The minimum atomic E-state index is -0.432. The van der Waals surface area contributed by atoms with Gasteiger partial charge < -0.3 is 28.4 Å². The van der Waals surface area contributed by atoms with Gasteiger partial charge in [0, 0.05) is 10.9 Å². The fourth-order valence-electron chi connectivity index (χ4n) is 3.73. The molecule has 0 atom stereocenters. The molecule has 0 N–H and O–H groups in total. The van der Waals surface area contributed by atoms with Gasteiger partial charge in [-0.2, -0.15) is 0 Å². The number of esters is 1. The first-order chi connectivity index (χ1) is 14.6. The number of aromatic nitrogens is 1. The molecule has 1 aliphatic rings. The highest BCUT2D eigenvalue weighted by molar-refractivity contribution is 6.11. The van der Waals surface area contributed by atoms with E-state index in [2.05, 4.69) is 4.98 Å². The topological polar surface area (TPSA) is 85.3 Å². The van der Waals surface area contributed by atoms with E-state index in [1.54, 1.807) is 26.4 Å². The highest BCUT2D eigenvalue weighted by Crippen LogP contribution is 2.48. The van der Waals surface area contributed by atoms with Crippen molar-refractivity contribution in [1.29, 1.82) is 0 Å².